The SMILES string of the molecule is O=C(O)CN(c1cccc2c(C(=O)NCc3ccccc3)cccc12)S(=O)(=O)c1cc(Cl)cc(Cl)c1. The molecule has 7 nitrogen and oxygen atoms in total. The van der Waals surface area contributed by atoms with Crippen LogP contribution in [0.1, 0.15) is 15.9 Å². The van der Waals surface area contributed by atoms with E-state index in [1.165, 1.54) is 24.3 Å². The number of nitrogens with zero attached hydrogens (tertiary/aromatic N) is 1. The smallest absolute Gasteiger partial charge is 0.324 e. The fraction of sp³-hybridized carbons (Fsp3) is 0.0769. The maximum absolute atomic E-state index is 13.6. The van der Waals surface area contributed by atoms with Gasteiger partial charge in [-0.25, -0.2) is 8.42 Å². The molecule has 4 aromatic rings. The number of sulfonamides is 1. The standard InChI is InChI=1S/C26H20Cl2N2O5S/c27-18-12-19(28)14-20(13-18)36(34,35)30(16-25(31)32)24-11-5-8-21-22(24)9-4-10-23(21)26(33)29-15-17-6-2-1-3-7-17/h1-14H,15-16H2,(H,29,33)(H,31,32). The molecular weight excluding hydrogens is 523 g/mol. The molecule has 10 heteroatoms. The molecule has 0 aromatic heterocycles. The Morgan fingerprint density at radius 1 is 0.833 bits per heavy atom. The number of carboxylic acids is 1. The van der Waals surface area contributed by atoms with Gasteiger partial charge in [0.1, 0.15) is 6.54 Å². The highest BCUT2D eigenvalue weighted by Crippen LogP contribution is 2.34. The molecule has 1 amide bonds. The molecule has 36 heavy (non-hydrogen) atoms. The van der Waals surface area contributed by atoms with Crippen molar-refractivity contribution in [2.45, 2.75) is 11.4 Å². The first-order valence-electron chi connectivity index (χ1n) is 10.7. The fourth-order valence-electron chi connectivity index (χ4n) is 3.81. The summed E-state index contributed by atoms with van der Waals surface area (Å²) in [7, 11) is -4.38. The van der Waals surface area contributed by atoms with Crippen molar-refractivity contribution in [2.75, 3.05) is 10.8 Å². The van der Waals surface area contributed by atoms with Gasteiger partial charge >= 0.3 is 5.97 Å². The van der Waals surface area contributed by atoms with Crippen molar-refractivity contribution < 1.29 is 23.1 Å². The molecule has 0 heterocycles. The van der Waals surface area contributed by atoms with Crippen LogP contribution < -0.4 is 9.62 Å². The Hall–Kier alpha value is -3.59. The number of carbonyl (C=O) groups excluding carboxylic acids is 1. The van der Waals surface area contributed by atoms with Crippen molar-refractivity contribution in [3.63, 3.8) is 0 Å². The number of hydrogen-bond acceptors (Lipinski definition) is 4. The summed E-state index contributed by atoms with van der Waals surface area (Å²) in [4.78, 5) is 24.5. The van der Waals surface area contributed by atoms with Gasteiger partial charge in [-0.05, 0) is 41.3 Å². The topological polar surface area (TPSA) is 104 Å². The second-order valence-corrected chi connectivity index (χ2v) is 10.6. The summed E-state index contributed by atoms with van der Waals surface area (Å²) in [6.07, 6.45) is 0. The minimum atomic E-state index is -4.38. The fourth-order valence-corrected chi connectivity index (χ4v) is 5.97. The summed E-state index contributed by atoms with van der Waals surface area (Å²) in [5.74, 6) is -1.71. The van der Waals surface area contributed by atoms with Gasteiger partial charge in [0.05, 0.1) is 10.6 Å². The second kappa shape index (κ2) is 10.6. The van der Waals surface area contributed by atoms with E-state index in [9.17, 15) is 23.1 Å². The maximum Gasteiger partial charge on any atom is 0.324 e. The Labute approximate surface area is 217 Å². The quantitative estimate of drug-likeness (QED) is 0.312. The van der Waals surface area contributed by atoms with Crippen molar-refractivity contribution in [1.82, 2.24) is 5.32 Å². The summed E-state index contributed by atoms with van der Waals surface area (Å²) in [6.45, 7) is -0.541. The number of hydrogen-bond donors (Lipinski definition) is 2. The molecule has 0 radical (unpaired) electrons. The number of halogens is 2. The molecule has 0 bridgehead atoms. The molecule has 0 spiro atoms. The molecule has 0 aliphatic heterocycles. The van der Waals surface area contributed by atoms with Crippen molar-refractivity contribution in [3.05, 3.63) is 106 Å². The van der Waals surface area contributed by atoms with Crippen LogP contribution in [0.15, 0.2) is 89.8 Å². The van der Waals surface area contributed by atoms with E-state index in [4.69, 9.17) is 23.2 Å². The number of rotatable bonds is 8. The van der Waals surface area contributed by atoms with Crippen molar-refractivity contribution in [3.8, 4) is 0 Å². The summed E-state index contributed by atoms with van der Waals surface area (Å²) >= 11 is 12.0. The lowest BCUT2D eigenvalue weighted by molar-refractivity contribution is -0.135. The number of fused-ring (bicyclic) bond motifs is 1. The zero-order chi connectivity index (χ0) is 25.9. The van der Waals surface area contributed by atoms with Crippen LogP contribution in [0.5, 0.6) is 0 Å². The monoisotopic (exact) mass is 542 g/mol. The number of carboxylic acid groups (broad SMARTS) is 1. The van der Waals surface area contributed by atoms with E-state index in [2.05, 4.69) is 5.32 Å². The second-order valence-electron chi connectivity index (χ2n) is 7.86. The zero-order valence-corrected chi connectivity index (χ0v) is 21.0. The highest BCUT2D eigenvalue weighted by molar-refractivity contribution is 7.92. The molecule has 4 rings (SSSR count). The average Bonchev–Trinajstić information content (AvgIpc) is 2.85. The number of aliphatic carboxylic acids is 1. The Kier molecular flexibility index (Phi) is 7.49. The molecular formula is C26H20Cl2N2O5S. The van der Waals surface area contributed by atoms with Gasteiger partial charge in [-0.15, -0.1) is 0 Å². The van der Waals surface area contributed by atoms with Gasteiger partial charge in [0.2, 0.25) is 0 Å². The first-order valence-corrected chi connectivity index (χ1v) is 12.9. The minimum absolute atomic E-state index is 0.0895. The van der Waals surface area contributed by atoms with Gasteiger partial charge in [0, 0.05) is 27.5 Å². The molecule has 0 aliphatic rings. The van der Waals surface area contributed by atoms with Gasteiger partial charge in [0.15, 0.2) is 0 Å². The molecule has 184 valence electrons. The van der Waals surface area contributed by atoms with E-state index in [-0.39, 0.29) is 26.5 Å². The lowest BCUT2D eigenvalue weighted by Gasteiger charge is -2.25. The lowest BCUT2D eigenvalue weighted by Crippen LogP contribution is -2.36. The summed E-state index contributed by atoms with van der Waals surface area (Å²) in [5, 5.41) is 13.4. The van der Waals surface area contributed by atoms with E-state index in [1.54, 1.807) is 30.3 Å². The molecule has 0 unspecified atom stereocenters. The molecule has 0 saturated carbocycles. The van der Waals surface area contributed by atoms with Crippen molar-refractivity contribution in [1.29, 1.82) is 0 Å². The van der Waals surface area contributed by atoms with Gasteiger partial charge < -0.3 is 10.4 Å². The lowest BCUT2D eigenvalue weighted by atomic mass is 10.0. The summed E-state index contributed by atoms with van der Waals surface area (Å²) in [5.41, 5.74) is 1.35. The van der Waals surface area contributed by atoms with Gasteiger partial charge in [-0.3, -0.25) is 13.9 Å². The van der Waals surface area contributed by atoms with Crippen molar-refractivity contribution >= 4 is 61.6 Å². The molecule has 0 fully saturated rings. The Morgan fingerprint density at radius 2 is 1.47 bits per heavy atom. The maximum atomic E-state index is 13.6. The number of nitrogens with one attached hydrogen (secondary N) is 1. The molecule has 4 aromatic carbocycles. The predicted octanol–water partition coefficient (Wildman–Crippen LogP) is 5.36. The zero-order valence-electron chi connectivity index (χ0n) is 18.7. The molecule has 0 saturated heterocycles. The number of anilines is 1. The summed E-state index contributed by atoms with van der Waals surface area (Å²) in [6, 6.07) is 22.8. The Morgan fingerprint density at radius 3 is 2.14 bits per heavy atom. The normalized spacial score (nSPS) is 11.3. The van der Waals surface area contributed by atoms with Gasteiger partial charge in [-0.2, -0.15) is 0 Å². The number of carbonyl (C=O) groups is 2. The largest absolute Gasteiger partial charge is 0.480 e. The molecule has 0 aliphatic carbocycles. The Bertz CT molecular complexity index is 1540. The van der Waals surface area contributed by atoms with Crippen LogP contribution in [0.25, 0.3) is 10.8 Å². The van der Waals surface area contributed by atoms with E-state index < -0.39 is 22.5 Å². The number of benzene rings is 4. The van der Waals surface area contributed by atoms with Crippen molar-refractivity contribution in [2.24, 2.45) is 0 Å². The van der Waals surface area contributed by atoms with Crippen LogP contribution in [0, 0.1) is 0 Å². The Balaban J connectivity index is 1.79. The van der Waals surface area contributed by atoms with Crippen LogP contribution in [-0.2, 0) is 21.4 Å². The van der Waals surface area contributed by atoms with Gasteiger partial charge in [0.25, 0.3) is 15.9 Å². The van der Waals surface area contributed by atoms with Crippen LogP contribution >= 0.6 is 23.2 Å². The highest BCUT2D eigenvalue weighted by atomic mass is 35.5. The third kappa shape index (κ3) is 5.46. The number of amides is 1. The molecule has 0 atom stereocenters. The first-order chi connectivity index (χ1) is 17.2. The van der Waals surface area contributed by atoms with Crippen LogP contribution in [0.4, 0.5) is 5.69 Å². The average molecular weight is 543 g/mol. The van der Waals surface area contributed by atoms with Crippen LogP contribution in [0.2, 0.25) is 10.0 Å². The van der Waals surface area contributed by atoms with Crippen LogP contribution in [-0.4, -0.2) is 31.9 Å². The van der Waals surface area contributed by atoms with Crippen LogP contribution in [0.3, 0.4) is 0 Å². The molecule has 2 N–H and O–H groups in total. The van der Waals surface area contributed by atoms with Gasteiger partial charge in [-0.1, -0.05) is 77.8 Å². The van der Waals surface area contributed by atoms with E-state index in [0.717, 1.165) is 9.87 Å². The first kappa shape index (κ1) is 25.5. The highest BCUT2D eigenvalue weighted by Gasteiger charge is 2.29. The van der Waals surface area contributed by atoms with E-state index >= 15 is 0 Å². The van der Waals surface area contributed by atoms with E-state index in [1.807, 2.05) is 30.3 Å². The summed E-state index contributed by atoms with van der Waals surface area (Å²) < 4.78 is 27.9. The third-order valence-electron chi connectivity index (χ3n) is 5.41. The third-order valence-corrected chi connectivity index (χ3v) is 7.59. The predicted molar refractivity (Wildman–Crippen MR) is 140 cm³/mol. The van der Waals surface area contributed by atoms with E-state index in [0.29, 0.717) is 22.9 Å². The minimum Gasteiger partial charge on any atom is -0.480 e.